The lowest BCUT2D eigenvalue weighted by molar-refractivity contribution is 0.429. The molecule has 4 unspecified atom stereocenters. The summed E-state index contributed by atoms with van der Waals surface area (Å²) in [4.78, 5) is 0.993. The molecule has 1 aliphatic rings. The molecule has 4 atom stereocenters. The van der Waals surface area contributed by atoms with Crippen LogP contribution in [0.5, 0.6) is 0 Å². The van der Waals surface area contributed by atoms with E-state index in [0.29, 0.717) is 23.1 Å². The molecule has 1 aromatic carbocycles. The summed E-state index contributed by atoms with van der Waals surface area (Å²) in [5.74, 6) is 1.02. The second-order valence-electron chi connectivity index (χ2n) is 6.56. The molecular formula is C18H29NOS. The number of hydrogen-bond acceptors (Lipinski definition) is 2. The molecule has 0 bridgehead atoms. The number of hydrogen-bond donors (Lipinski definition) is 1. The van der Waals surface area contributed by atoms with Crippen LogP contribution in [0.2, 0.25) is 0 Å². The quantitative estimate of drug-likeness (QED) is 0.858. The van der Waals surface area contributed by atoms with E-state index in [2.05, 4.69) is 57.3 Å². The normalized spacial score (nSPS) is 27.2. The summed E-state index contributed by atoms with van der Waals surface area (Å²) in [7, 11) is -0.877. The molecule has 118 valence electrons. The fourth-order valence-electron chi connectivity index (χ4n) is 3.21. The van der Waals surface area contributed by atoms with Gasteiger partial charge in [0, 0.05) is 16.2 Å². The van der Waals surface area contributed by atoms with Crippen LogP contribution in [0.25, 0.3) is 0 Å². The monoisotopic (exact) mass is 307 g/mol. The first-order valence-corrected chi connectivity index (χ1v) is 9.49. The van der Waals surface area contributed by atoms with Crippen LogP contribution in [-0.2, 0) is 10.8 Å². The Morgan fingerprint density at radius 2 is 1.90 bits per heavy atom. The van der Waals surface area contributed by atoms with Gasteiger partial charge in [0.25, 0.3) is 0 Å². The van der Waals surface area contributed by atoms with E-state index in [9.17, 15) is 4.21 Å². The summed E-state index contributed by atoms with van der Waals surface area (Å²) < 4.78 is 12.8. The van der Waals surface area contributed by atoms with E-state index in [1.165, 1.54) is 5.56 Å². The summed E-state index contributed by atoms with van der Waals surface area (Å²) in [6, 6.07) is 8.92. The van der Waals surface area contributed by atoms with Crippen molar-refractivity contribution in [2.45, 2.75) is 69.1 Å². The summed E-state index contributed by atoms with van der Waals surface area (Å²) >= 11 is 0. The minimum absolute atomic E-state index is 0.296. The van der Waals surface area contributed by atoms with Gasteiger partial charge in [-0.15, -0.1) is 0 Å². The molecular weight excluding hydrogens is 278 g/mol. The smallest absolute Gasteiger partial charge is 0.0564 e. The van der Waals surface area contributed by atoms with Crippen LogP contribution in [0, 0.1) is 5.92 Å². The van der Waals surface area contributed by atoms with E-state index < -0.39 is 10.8 Å². The van der Waals surface area contributed by atoms with E-state index in [1.807, 2.05) is 0 Å². The van der Waals surface area contributed by atoms with Gasteiger partial charge in [-0.1, -0.05) is 39.8 Å². The second kappa shape index (κ2) is 7.55. The Bertz CT molecular complexity index is 469. The highest BCUT2D eigenvalue weighted by atomic mass is 32.2. The molecule has 0 heterocycles. The summed E-state index contributed by atoms with van der Waals surface area (Å²) in [6.07, 6.45) is 3.39. The number of rotatable bonds is 6. The summed E-state index contributed by atoms with van der Waals surface area (Å²) in [5.41, 5.74) is 1.32. The molecule has 1 fully saturated rings. The maximum Gasteiger partial charge on any atom is 0.0564 e. The molecule has 0 radical (unpaired) electrons. The Hall–Kier alpha value is -0.670. The van der Waals surface area contributed by atoms with Gasteiger partial charge in [-0.25, -0.2) is 0 Å². The second-order valence-corrected chi connectivity index (χ2v) is 8.23. The third-order valence-corrected chi connectivity index (χ3v) is 6.65. The standard InChI is InChI=1S/C18H29NOS/c1-5-12-19-17-10-11-18(14(17)4)21(20)16-8-6-15(7-9-16)13(2)3/h6-9,13-14,17-19H,5,10-12H2,1-4H3. The van der Waals surface area contributed by atoms with Gasteiger partial charge in [-0.05, 0) is 55.3 Å². The highest BCUT2D eigenvalue weighted by molar-refractivity contribution is 7.85. The van der Waals surface area contributed by atoms with Crippen LogP contribution in [0.4, 0.5) is 0 Å². The van der Waals surface area contributed by atoms with E-state index in [1.54, 1.807) is 0 Å². The van der Waals surface area contributed by atoms with Crippen molar-refractivity contribution in [1.29, 1.82) is 0 Å². The van der Waals surface area contributed by atoms with Crippen LogP contribution in [0.1, 0.15) is 58.4 Å². The van der Waals surface area contributed by atoms with Crippen molar-refractivity contribution < 1.29 is 4.21 Å². The number of benzene rings is 1. The molecule has 1 saturated carbocycles. The third-order valence-electron chi connectivity index (χ3n) is 4.69. The van der Waals surface area contributed by atoms with Crippen molar-refractivity contribution in [2.75, 3.05) is 6.54 Å². The largest absolute Gasteiger partial charge is 0.314 e. The van der Waals surface area contributed by atoms with Gasteiger partial charge in [-0.3, -0.25) is 4.21 Å². The Morgan fingerprint density at radius 3 is 2.48 bits per heavy atom. The Kier molecular flexibility index (Phi) is 6.00. The molecule has 1 aromatic rings. The highest BCUT2D eigenvalue weighted by Gasteiger charge is 2.36. The van der Waals surface area contributed by atoms with Crippen LogP contribution in [0.3, 0.4) is 0 Å². The molecule has 2 rings (SSSR count). The predicted octanol–water partition coefficient (Wildman–Crippen LogP) is 4.08. The molecule has 0 aliphatic heterocycles. The zero-order valence-corrected chi connectivity index (χ0v) is 14.6. The average Bonchev–Trinajstić information content (AvgIpc) is 2.85. The fraction of sp³-hybridized carbons (Fsp3) is 0.667. The van der Waals surface area contributed by atoms with Gasteiger partial charge in [0.15, 0.2) is 0 Å². The Labute approximate surface area is 132 Å². The molecule has 0 spiro atoms. The van der Waals surface area contributed by atoms with Crippen LogP contribution >= 0.6 is 0 Å². The van der Waals surface area contributed by atoms with Crippen LogP contribution in [-0.4, -0.2) is 22.0 Å². The van der Waals surface area contributed by atoms with Gasteiger partial charge < -0.3 is 5.32 Å². The van der Waals surface area contributed by atoms with Gasteiger partial charge in [0.1, 0.15) is 0 Å². The molecule has 0 saturated heterocycles. The first-order chi connectivity index (χ1) is 10.0. The van der Waals surface area contributed by atoms with Gasteiger partial charge in [-0.2, -0.15) is 0 Å². The Balaban J connectivity index is 2.03. The molecule has 0 aromatic heterocycles. The number of nitrogens with one attached hydrogen (secondary N) is 1. The first kappa shape index (κ1) is 16.7. The minimum atomic E-state index is -0.877. The maximum absolute atomic E-state index is 12.8. The van der Waals surface area contributed by atoms with Gasteiger partial charge in [0.2, 0.25) is 0 Å². The van der Waals surface area contributed by atoms with E-state index in [0.717, 1.165) is 30.7 Å². The topological polar surface area (TPSA) is 29.1 Å². The van der Waals surface area contributed by atoms with E-state index >= 15 is 0 Å². The van der Waals surface area contributed by atoms with Crippen molar-refractivity contribution in [3.05, 3.63) is 29.8 Å². The first-order valence-electron chi connectivity index (χ1n) is 8.28. The lowest BCUT2D eigenvalue weighted by Crippen LogP contribution is -2.35. The van der Waals surface area contributed by atoms with E-state index in [4.69, 9.17) is 0 Å². The molecule has 0 amide bonds. The predicted molar refractivity (Wildman–Crippen MR) is 91.2 cm³/mol. The molecule has 1 N–H and O–H groups in total. The minimum Gasteiger partial charge on any atom is -0.314 e. The summed E-state index contributed by atoms with van der Waals surface area (Å²) in [5, 5.41) is 3.90. The lowest BCUT2D eigenvalue weighted by Gasteiger charge is -2.21. The van der Waals surface area contributed by atoms with Crippen molar-refractivity contribution in [1.82, 2.24) is 5.32 Å². The lowest BCUT2D eigenvalue weighted by atomic mass is 10.0. The third kappa shape index (κ3) is 3.95. The summed E-state index contributed by atoms with van der Waals surface area (Å²) in [6.45, 7) is 9.89. The molecule has 21 heavy (non-hydrogen) atoms. The maximum atomic E-state index is 12.8. The van der Waals surface area contributed by atoms with Gasteiger partial charge >= 0.3 is 0 Å². The van der Waals surface area contributed by atoms with Crippen molar-refractivity contribution >= 4 is 10.8 Å². The van der Waals surface area contributed by atoms with Crippen LogP contribution in [0.15, 0.2) is 29.2 Å². The fourth-order valence-corrected chi connectivity index (χ4v) is 4.89. The zero-order chi connectivity index (χ0) is 15.4. The molecule has 2 nitrogen and oxygen atoms in total. The zero-order valence-electron chi connectivity index (χ0n) is 13.8. The van der Waals surface area contributed by atoms with Crippen molar-refractivity contribution in [3.63, 3.8) is 0 Å². The van der Waals surface area contributed by atoms with Crippen molar-refractivity contribution in [3.8, 4) is 0 Å². The van der Waals surface area contributed by atoms with Crippen LogP contribution < -0.4 is 5.32 Å². The van der Waals surface area contributed by atoms with E-state index in [-0.39, 0.29) is 0 Å². The molecule has 1 aliphatic carbocycles. The Morgan fingerprint density at radius 1 is 1.24 bits per heavy atom. The highest BCUT2D eigenvalue weighted by Crippen LogP contribution is 2.32. The van der Waals surface area contributed by atoms with Crippen molar-refractivity contribution in [2.24, 2.45) is 5.92 Å². The van der Waals surface area contributed by atoms with Gasteiger partial charge in [0.05, 0.1) is 10.8 Å². The average molecular weight is 308 g/mol. The SMILES string of the molecule is CCCNC1CCC(S(=O)c2ccc(C(C)C)cc2)C1C. The molecule has 3 heteroatoms.